The minimum absolute atomic E-state index is 0.230. The van der Waals surface area contributed by atoms with Crippen LogP contribution in [0.4, 0.5) is 0 Å². The monoisotopic (exact) mass is 837 g/mol. The quantitative estimate of drug-likeness (QED) is 0.160. The predicted octanol–water partition coefficient (Wildman–Crippen LogP) is 15.0. The van der Waals surface area contributed by atoms with Gasteiger partial charge in [0.25, 0.3) is 0 Å². The Morgan fingerprint density at radius 3 is 1.39 bits per heavy atom. The maximum atomic E-state index is 5.15. The van der Waals surface area contributed by atoms with E-state index in [1.165, 1.54) is 48.2 Å². The molecule has 0 aliphatic heterocycles. The molecule has 3 heterocycles. The summed E-state index contributed by atoms with van der Waals surface area (Å²) in [6.45, 7) is 4.70. The summed E-state index contributed by atoms with van der Waals surface area (Å²) in [6.07, 6.45) is 0. The summed E-state index contributed by atoms with van der Waals surface area (Å²) in [5.41, 5.74) is 15.2. The first kappa shape index (κ1) is 37.8. The van der Waals surface area contributed by atoms with E-state index in [2.05, 4.69) is 153 Å². The molecule has 64 heavy (non-hydrogen) atoms. The Balaban J connectivity index is 0.914. The molecule has 11 aromatic rings. The number of hydrogen-bond donors (Lipinski definition) is 0. The molecule has 0 unspecified atom stereocenters. The fourth-order valence-corrected chi connectivity index (χ4v) is 10.4. The predicted molar refractivity (Wildman–Crippen MR) is 264 cm³/mol. The van der Waals surface area contributed by atoms with Crippen LogP contribution in [-0.2, 0) is 5.41 Å². The fraction of sp³-hybridized carbons (Fsp3) is 0.0517. The van der Waals surface area contributed by atoms with E-state index in [0.717, 1.165) is 56.0 Å². The van der Waals surface area contributed by atoms with Crippen LogP contribution < -0.4 is 0 Å². The third kappa shape index (κ3) is 6.50. The number of benzene rings is 8. The first-order valence-corrected chi connectivity index (χ1v) is 22.4. The van der Waals surface area contributed by atoms with E-state index in [-0.39, 0.29) is 5.41 Å². The first-order valence-electron chi connectivity index (χ1n) is 21.6. The zero-order valence-electron chi connectivity index (χ0n) is 35.2. The molecular formula is C58H39N5S. The standard InChI is InChI=1S/C58H39N5S/c1-58(2)47-32-40(26-29-43(47)44-30-28-42(33-48(44)58)50-35-49(36-16-7-3-8-17-36)59-54(60-50)37-18-9-4-10-19-37)41-27-31-45-52(34-41)64-51-25-15-24-46(53(45)51)57-62-55(38-20-11-5-12-21-38)61-56(63-57)39-22-13-6-14-23-39/h3-35H,1-2H3. The summed E-state index contributed by atoms with van der Waals surface area (Å²) in [7, 11) is 0. The summed E-state index contributed by atoms with van der Waals surface area (Å²) >= 11 is 1.81. The number of nitrogens with zero attached hydrogens (tertiary/aromatic N) is 5. The SMILES string of the molecule is CC1(C)c2cc(-c3ccc4c(c3)sc3cccc(-c5nc(-c6ccccc6)nc(-c6ccccc6)n5)c34)ccc2-c2ccc(-c3cc(-c4ccccc4)nc(-c4ccccc4)n3)cc21. The largest absolute Gasteiger partial charge is 0.228 e. The van der Waals surface area contributed by atoms with Gasteiger partial charge < -0.3 is 0 Å². The highest BCUT2D eigenvalue weighted by atomic mass is 32.1. The van der Waals surface area contributed by atoms with Gasteiger partial charge in [0.2, 0.25) is 0 Å². The molecule has 0 spiro atoms. The molecule has 0 radical (unpaired) electrons. The van der Waals surface area contributed by atoms with E-state index in [9.17, 15) is 0 Å². The summed E-state index contributed by atoms with van der Waals surface area (Å²) in [5, 5.41) is 2.36. The van der Waals surface area contributed by atoms with Crippen molar-refractivity contribution >= 4 is 31.5 Å². The third-order valence-electron chi connectivity index (χ3n) is 12.6. The first-order chi connectivity index (χ1) is 31.4. The molecule has 0 bridgehead atoms. The lowest BCUT2D eigenvalue weighted by atomic mass is 9.81. The molecule has 0 saturated carbocycles. The Kier molecular flexibility index (Phi) is 8.95. The van der Waals surface area contributed by atoms with E-state index >= 15 is 0 Å². The number of rotatable bonds is 7. The van der Waals surface area contributed by atoms with Crippen molar-refractivity contribution in [1.82, 2.24) is 24.9 Å². The third-order valence-corrected chi connectivity index (χ3v) is 13.7. The van der Waals surface area contributed by atoms with Gasteiger partial charge in [-0.25, -0.2) is 24.9 Å². The summed E-state index contributed by atoms with van der Waals surface area (Å²) in [5.74, 6) is 2.70. The second kappa shape index (κ2) is 15.2. The molecule has 12 rings (SSSR count). The minimum Gasteiger partial charge on any atom is -0.228 e. The van der Waals surface area contributed by atoms with Gasteiger partial charge >= 0.3 is 0 Å². The van der Waals surface area contributed by atoms with Crippen molar-refractivity contribution in [2.75, 3.05) is 0 Å². The topological polar surface area (TPSA) is 64.5 Å². The van der Waals surface area contributed by atoms with Gasteiger partial charge in [-0.05, 0) is 63.7 Å². The van der Waals surface area contributed by atoms with Crippen LogP contribution in [0.5, 0.6) is 0 Å². The highest BCUT2D eigenvalue weighted by Crippen LogP contribution is 2.51. The average Bonchev–Trinajstić information content (AvgIpc) is 3.85. The molecule has 1 aliphatic carbocycles. The normalized spacial score (nSPS) is 12.7. The van der Waals surface area contributed by atoms with Crippen molar-refractivity contribution in [3.05, 3.63) is 211 Å². The maximum Gasteiger partial charge on any atom is 0.164 e. The van der Waals surface area contributed by atoms with Crippen LogP contribution in [0.15, 0.2) is 200 Å². The van der Waals surface area contributed by atoms with Crippen LogP contribution in [-0.4, -0.2) is 24.9 Å². The molecule has 0 fully saturated rings. The van der Waals surface area contributed by atoms with Crippen molar-refractivity contribution in [2.24, 2.45) is 0 Å². The zero-order valence-corrected chi connectivity index (χ0v) is 36.0. The van der Waals surface area contributed by atoms with Gasteiger partial charge in [-0.1, -0.05) is 184 Å². The molecule has 0 amide bonds. The molecule has 8 aromatic carbocycles. The van der Waals surface area contributed by atoms with Crippen molar-refractivity contribution in [2.45, 2.75) is 19.3 Å². The highest BCUT2D eigenvalue weighted by Gasteiger charge is 2.36. The van der Waals surface area contributed by atoms with Crippen LogP contribution in [0.2, 0.25) is 0 Å². The lowest BCUT2D eigenvalue weighted by Gasteiger charge is -2.22. The molecule has 5 nitrogen and oxygen atoms in total. The maximum absolute atomic E-state index is 5.15. The molecule has 1 aliphatic rings. The molecule has 0 atom stereocenters. The Hall–Kier alpha value is -7.93. The van der Waals surface area contributed by atoms with Gasteiger partial charge in [-0.15, -0.1) is 11.3 Å². The molecule has 3 aromatic heterocycles. The number of aromatic nitrogens is 5. The Morgan fingerprint density at radius 2 is 0.797 bits per heavy atom. The Labute approximate surface area is 375 Å². The lowest BCUT2D eigenvalue weighted by Crippen LogP contribution is -2.15. The van der Waals surface area contributed by atoms with E-state index < -0.39 is 0 Å². The molecule has 6 heteroatoms. The summed E-state index contributed by atoms with van der Waals surface area (Å²) in [6, 6.07) is 70.2. The molecular weight excluding hydrogens is 799 g/mol. The van der Waals surface area contributed by atoms with Crippen molar-refractivity contribution in [3.8, 4) is 90.3 Å². The Morgan fingerprint density at radius 1 is 0.328 bits per heavy atom. The van der Waals surface area contributed by atoms with Crippen LogP contribution in [0.1, 0.15) is 25.0 Å². The number of thiophene rings is 1. The van der Waals surface area contributed by atoms with Gasteiger partial charge in [-0.2, -0.15) is 0 Å². The minimum atomic E-state index is -0.230. The number of fused-ring (bicyclic) bond motifs is 6. The van der Waals surface area contributed by atoms with Crippen LogP contribution in [0, 0.1) is 0 Å². The van der Waals surface area contributed by atoms with Crippen LogP contribution in [0.25, 0.3) is 110 Å². The molecule has 302 valence electrons. The van der Waals surface area contributed by atoms with Crippen LogP contribution in [0.3, 0.4) is 0 Å². The van der Waals surface area contributed by atoms with E-state index in [0.29, 0.717) is 17.5 Å². The van der Waals surface area contributed by atoms with Gasteiger partial charge in [0.15, 0.2) is 23.3 Å². The van der Waals surface area contributed by atoms with Gasteiger partial charge in [0.05, 0.1) is 11.4 Å². The van der Waals surface area contributed by atoms with Gasteiger partial charge in [-0.3, -0.25) is 0 Å². The lowest BCUT2D eigenvalue weighted by molar-refractivity contribution is 0.661. The molecule has 0 saturated heterocycles. The average molecular weight is 838 g/mol. The van der Waals surface area contributed by atoms with E-state index in [4.69, 9.17) is 24.9 Å². The smallest absolute Gasteiger partial charge is 0.164 e. The second-order valence-corrected chi connectivity index (χ2v) is 18.0. The number of hydrogen-bond acceptors (Lipinski definition) is 6. The summed E-state index contributed by atoms with van der Waals surface area (Å²) < 4.78 is 2.42. The zero-order chi connectivity index (χ0) is 42.8. The second-order valence-electron chi connectivity index (χ2n) is 16.9. The van der Waals surface area contributed by atoms with Crippen LogP contribution >= 0.6 is 11.3 Å². The van der Waals surface area contributed by atoms with Crippen molar-refractivity contribution in [1.29, 1.82) is 0 Å². The Bertz CT molecular complexity index is 3450. The van der Waals surface area contributed by atoms with Gasteiger partial charge in [0.1, 0.15) is 0 Å². The fourth-order valence-electron chi connectivity index (χ4n) is 9.27. The van der Waals surface area contributed by atoms with Crippen molar-refractivity contribution < 1.29 is 0 Å². The van der Waals surface area contributed by atoms with Gasteiger partial charge in [0, 0.05) is 59.0 Å². The van der Waals surface area contributed by atoms with E-state index in [1.807, 2.05) is 72.0 Å². The highest BCUT2D eigenvalue weighted by molar-refractivity contribution is 7.26. The van der Waals surface area contributed by atoms with E-state index in [1.54, 1.807) is 0 Å². The summed E-state index contributed by atoms with van der Waals surface area (Å²) in [4.78, 5) is 25.3. The van der Waals surface area contributed by atoms with Crippen molar-refractivity contribution in [3.63, 3.8) is 0 Å². The molecule has 0 N–H and O–H groups in total.